The molecule has 2 aliphatic heterocycles. The van der Waals surface area contributed by atoms with Gasteiger partial charge in [0.1, 0.15) is 28.9 Å². The summed E-state index contributed by atoms with van der Waals surface area (Å²) >= 11 is 1.25. The predicted molar refractivity (Wildman–Crippen MR) is 108 cm³/mol. The van der Waals surface area contributed by atoms with Crippen LogP contribution >= 0.6 is 11.8 Å². The van der Waals surface area contributed by atoms with Gasteiger partial charge >= 0.3 is 0 Å². The van der Waals surface area contributed by atoms with Crippen molar-refractivity contribution in [3.05, 3.63) is 36.3 Å². The third kappa shape index (κ3) is 5.37. The van der Waals surface area contributed by atoms with Crippen LogP contribution < -0.4 is 11.1 Å². The van der Waals surface area contributed by atoms with Gasteiger partial charge in [-0.05, 0) is 13.3 Å². The van der Waals surface area contributed by atoms with Crippen molar-refractivity contribution in [1.29, 1.82) is 0 Å². The molecular weight excluding hydrogens is 384 g/mol. The summed E-state index contributed by atoms with van der Waals surface area (Å²) in [6.07, 6.45) is 4.77. The smallest absolute Gasteiger partial charge is 0.264 e. The topological polar surface area (TPSA) is 139 Å². The summed E-state index contributed by atoms with van der Waals surface area (Å²) in [4.78, 5) is 17.0. The number of carbonyl (C=O) groups is 1. The van der Waals surface area contributed by atoms with E-state index in [2.05, 4.69) is 22.0 Å². The van der Waals surface area contributed by atoms with Crippen LogP contribution in [0.5, 0.6) is 0 Å². The minimum Gasteiger partial charge on any atom is -0.490 e. The number of nitrogens with two attached hydrogens (primary N) is 1. The van der Waals surface area contributed by atoms with Gasteiger partial charge in [0.15, 0.2) is 5.66 Å². The predicted octanol–water partition coefficient (Wildman–Crippen LogP) is 1.24. The molecule has 0 saturated carbocycles. The maximum Gasteiger partial charge on any atom is 0.264 e. The van der Waals surface area contributed by atoms with Crippen molar-refractivity contribution in [3.8, 4) is 0 Å². The number of oxime groups is 1. The highest BCUT2D eigenvalue weighted by molar-refractivity contribution is 8.16. The first-order chi connectivity index (χ1) is 13.3. The minimum absolute atomic E-state index is 0.218. The number of aliphatic imine (C=N–C) groups is 1. The van der Waals surface area contributed by atoms with Gasteiger partial charge in [0.25, 0.3) is 5.91 Å². The molecule has 0 bridgehead atoms. The zero-order valence-corrected chi connectivity index (χ0v) is 16.7. The Morgan fingerprint density at radius 1 is 1.71 bits per heavy atom. The van der Waals surface area contributed by atoms with Gasteiger partial charge < -0.3 is 25.1 Å². The number of carbonyl (C=O) groups excluding carboxylic acids is 1. The van der Waals surface area contributed by atoms with E-state index < -0.39 is 23.9 Å². The fourth-order valence-corrected chi connectivity index (χ4v) is 3.62. The normalized spacial score (nSPS) is 25.8. The van der Waals surface area contributed by atoms with Crippen LogP contribution in [0.2, 0.25) is 0 Å². The molecule has 2 heterocycles. The number of aliphatic hydroxyl groups is 1. The molecule has 5 N–H and O–H groups in total. The summed E-state index contributed by atoms with van der Waals surface area (Å²) in [5.74, 6) is 0.533. The van der Waals surface area contributed by atoms with Gasteiger partial charge in [0.2, 0.25) is 6.29 Å². The van der Waals surface area contributed by atoms with Gasteiger partial charge in [-0.25, -0.2) is 4.99 Å². The Balaban J connectivity index is 2.17. The molecule has 9 nitrogen and oxygen atoms in total. The number of allylic oxidation sites excluding steroid dienone is 1. The van der Waals surface area contributed by atoms with Gasteiger partial charge in [0.05, 0.1) is 6.04 Å². The largest absolute Gasteiger partial charge is 0.490 e. The average Bonchev–Trinajstić information content (AvgIpc) is 3.08. The molecule has 2 rings (SSSR count). The molecular formula is C18H26N4O5S. The first-order valence-corrected chi connectivity index (χ1v) is 9.84. The van der Waals surface area contributed by atoms with Crippen molar-refractivity contribution < 1.29 is 24.6 Å². The highest BCUT2D eigenvalue weighted by Gasteiger charge is 2.41. The molecule has 0 spiro atoms. The molecule has 0 aromatic heterocycles. The molecule has 2 aliphatic rings. The lowest BCUT2D eigenvalue weighted by Crippen LogP contribution is -2.56. The first kappa shape index (κ1) is 22.0. The van der Waals surface area contributed by atoms with Crippen LogP contribution in [-0.4, -0.2) is 57.3 Å². The van der Waals surface area contributed by atoms with Crippen molar-refractivity contribution in [2.45, 2.75) is 44.7 Å². The number of aliphatic hydroxyl groups excluding tert-OH is 1. The summed E-state index contributed by atoms with van der Waals surface area (Å²) in [5.41, 5.74) is 4.98. The van der Waals surface area contributed by atoms with Crippen molar-refractivity contribution in [2.24, 2.45) is 15.9 Å². The molecule has 1 unspecified atom stereocenters. The van der Waals surface area contributed by atoms with E-state index in [1.807, 2.05) is 6.92 Å². The van der Waals surface area contributed by atoms with Gasteiger partial charge in [0, 0.05) is 17.9 Å². The number of thioether (sulfide) groups is 1. The van der Waals surface area contributed by atoms with E-state index in [1.165, 1.54) is 17.8 Å². The van der Waals surface area contributed by atoms with E-state index in [9.17, 15) is 9.90 Å². The van der Waals surface area contributed by atoms with Gasteiger partial charge in [-0.3, -0.25) is 10.5 Å². The molecule has 28 heavy (non-hydrogen) atoms. The van der Waals surface area contributed by atoms with Crippen molar-refractivity contribution >= 4 is 28.4 Å². The molecule has 0 aliphatic carbocycles. The third-order valence-electron chi connectivity index (χ3n) is 4.02. The molecule has 10 heteroatoms. The van der Waals surface area contributed by atoms with E-state index >= 15 is 0 Å². The molecule has 0 saturated heterocycles. The summed E-state index contributed by atoms with van der Waals surface area (Å²) in [5, 5.41) is 25.2. The molecule has 3 atom stereocenters. The number of amides is 1. The highest BCUT2D eigenvalue weighted by atomic mass is 32.2. The Kier molecular flexibility index (Phi) is 7.67. The number of ether oxygens (including phenoxy) is 2. The lowest BCUT2D eigenvalue weighted by atomic mass is 10.1. The summed E-state index contributed by atoms with van der Waals surface area (Å²) in [6.45, 7) is 7.41. The van der Waals surface area contributed by atoms with E-state index in [0.717, 1.165) is 6.42 Å². The van der Waals surface area contributed by atoms with Crippen molar-refractivity contribution in [1.82, 2.24) is 5.32 Å². The van der Waals surface area contributed by atoms with E-state index in [-0.39, 0.29) is 12.4 Å². The van der Waals surface area contributed by atoms with Crippen LogP contribution in [0.25, 0.3) is 0 Å². The molecule has 0 fully saturated rings. The summed E-state index contributed by atoms with van der Waals surface area (Å²) in [6, 6.07) is -0.513. The summed E-state index contributed by atoms with van der Waals surface area (Å²) in [7, 11) is 0. The quantitative estimate of drug-likeness (QED) is 0.194. The maximum atomic E-state index is 12.8. The minimum atomic E-state index is -1.48. The van der Waals surface area contributed by atoms with Crippen LogP contribution in [0.4, 0.5) is 0 Å². The number of hydrogen-bond donors (Lipinski definition) is 4. The van der Waals surface area contributed by atoms with E-state index in [1.54, 1.807) is 19.1 Å². The highest BCUT2D eigenvalue weighted by Crippen LogP contribution is 2.27. The van der Waals surface area contributed by atoms with Crippen LogP contribution in [-0.2, 0) is 14.3 Å². The Morgan fingerprint density at radius 3 is 3.11 bits per heavy atom. The molecule has 0 radical (unpaired) electrons. The second-order valence-electron chi connectivity index (χ2n) is 6.35. The fourth-order valence-electron chi connectivity index (χ4n) is 2.59. The Bertz CT molecular complexity index is 733. The molecule has 0 aromatic rings. The zero-order chi connectivity index (χ0) is 20.7. The molecule has 154 valence electrons. The third-order valence-corrected chi connectivity index (χ3v) is 5.27. The van der Waals surface area contributed by atoms with Gasteiger partial charge in [-0.1, -0.05) is 31.2 Å². The number of nitrogens with one attached hydrogen (secondary N) is 1. The van der Waals surface area contributed by atoms with Crippen LogP contribution in [0.1, 0.15) is 26.7 Å². The fraction of sp³-hybridized carbons (Fsp3) is 0.500. The van der Waals surface area contributed by atoms with Gasteiger partial charge in [-0.2, -0.15) is 0 Å². The molecule has 0 aromatic carbocycles. The lowest BCUT2D eigenvalue weighted by molar-refractivity contribution is -0.126. The van der Waals surface area contributed by atoms with Crippen LogP contribution in [0.3, 0.4) is 0 Å². The maximum absolute atomic E-state index is 12.8. The van der Waals surface area contributed by atoms with Crippen molar-refractivity contribution in [2.75, 3.05) is 12.4 Å². The second-order valence-corrected chi connectivity index (χ2v) is 7.32. The van der Waals surface area contributed by atoms with E-state index in [0.29, 0.717) is 28.7 Å². The number of hydrogen-bond acceptors (Lipinski definition) is 9. The van der Waals surface area contributed by atoms with Gasteiger partial charge in [-0.15, -0.1) is 11.8 Å². The molecule has 1 amide bonds. The number of rotatable bonds is 9. The van der Waals surface area contributed by atoms with Crippen molar-refractivity contribution in [3.63, 3.8) is 0 Å². The lowest BCUT2D eigenvalue weighted by Gasteiger charge is -2.29. The Labute approximate surface area is 168 Å². The van der Waals surface area contributed by atoms with Crippen LogP contribution in [0.15, 0.2) is 46.5 Å². The van der Waals surface area contributed by atoms with Crippen LogP contribution in [0, 0.1) is 0 Å². The average molecular weight is 410 g/mol. The monoisotopic (exact) mass is 410 g/mol. The van der Waals surface area contributed by atoms with E-state index in [4.69, 9.17) is 20.4 Å². The summed E-state index contributed by atoms with van der Waals surface area (Å²) < 4.78 is 10.9. The standard InChI is InChI=1S/C18H26N4O5S/c1-4-6-13(14-8-12(26-7-5-2)9-15(23)27-14)20-17(24)18(19)10-28-16(21-18)11(3)22-25/h5,8-9,13,15,23,25H,2,4,6-7,10,19H2,1,3H3,(H,20,24)/b22-11+/t13-,15?,18+/m1/s1. The number of nitrogens with zero attached hydrogens (tertiary/aromatic N) is 2. The Morgan fingerprint density at radius 2 is 2.46 bits per heavy atom. The second kappa shape index (κ2) is 9.76. The SMILES string of the molecule is C=CCOC1=CC(O)OC([C@@H](CCC)NC(=O)[C@]2(N)CSC(/C(C)=N/O)=N2)=C1. The first-order valence-electron chi connectivity index (χ1n) is 8.86. The Hall–Kier alpha value is -2.30. The zero-order valence-electron chi connectivity index (χ0n) is 15.9.